The number of thioether (sulfide) groups is 1. The summed E-state index contributed by atoms with van der Waals surface area (Å²) in [6, 6.07) is 0. The van der Waals surface area contributed by atoms with Crippen molar-refractivity contribution in [3.63, 3.8) is 0 Å². The Morgan fingerprint density at radius 1 is 1.22 bits per heavy atom. The lowest BCUT2D eigenvalue weighted by atomic mass is 9.75. The van der Waals surface area contributed by atoms with Crippen molar-refractivity contribution in [1.29, 1.82) is 0 Å². The van der Waals surface area contributed by atoms with Gasteiger partial charge in [-0.25, -0.2) is 0 Å². The summed E-state index contributed by atoms with van der Waals surface area (Å²) in [7, 11) is 0. The monoisotopic (exact) mass is 273 g/mol. The Bertz CT molecular complexity index is 304. The standard InChI is InChI=1S/C13H23NO3S/c1-13(2,3)10-4-6-14(7-5-10)11(15)8-18-9-12(16)17/h10H,4-9H2,1-3H3,(H,16,17). The largest absolute Gasteiger partial charge is 0.481 e. The van der Waals surface area contributed by atoms with Gasteiger partial charge in [-0.2, -0.15) is 0 Å². The van der Waals surface area contributed by atoms with Crippen molar-refractivity contribution < 1.29 is 14.7 Å². The lowest BCUT2D eigenvalue weighted by Gasteiger charge is -2.38. The van der Waals surface area contributed by atoms with Crippen molar-refractivity contribution in [3.05, 3.63) is 0 Å². The molecule has 0 atom stereocenters. The van der Waals surface area contributed by atoms with Gasteiger partial charge < -0.3 is 10.0 Å². The van der Waals surface area contributed by atoms with Crippen LogP contribution in [-0.4, -0.2) is 46.5 Å². The summed E-state index contributed by atoms with van der Waals surface area (Å²) < 4.78 is 0. The highest BCUT2D eigenvalue weighted by atomic mass is 32.2. The zero-order chi connectivity index (χ0) is 13.8. The Morgan fingerprint density at radius 3 is 2.22 bits per heavy atom. The van der Waals surface area contributed by atoms with E-state index in [2.05, 4.69) is 20.8 Å². The molecular formula is C13H23NO3S. The Balaban J connectivity index is 2.30. The maximum atomic E-state index is 11.8. The second kappa shape index (κ2) is 6.45. The number of carbonyl (C=O) groups excluding carboxylic acids is 1. The molecule has 1 fully saturated rings. The number of amides is 1. The van der Waals surface area contributed by atoms with Gasteiger partial charge >= 0.3 is 5.97 Å². The van der Waals surface area contributed by atoms with E-state index in [0.29, 0.717) is 11.3 Å². The molecule has 0 saturated carbocycles. The van der Waals surface area contributed by atoms with E-state index in [0.717, 1.165) is 25.9 Å². The molecule has 0 radical (unpaired) electrons. The van der Waals surface area contributed by atoms with E-state index >= 15 is 0 Å². The number of rotatable bonds is 4. The zero-order valence-corrected chi connectivity index (χ0v) is 12.3. The molecule has 0 aromatic carbocycles. The van der Waals surface area contributed by atoms with Crippen LogP contribution in [0.15, 0.2) is 0 Å². The van der Waals surface area contributed by atoms with Crippen LogP contribution >= 0.6 is 11.8 Å². The van der Waals surface area contributed by atoms with E-state index in [9.17, 15) is 9.59 Å². The Hall–Kier alpha value is -0.710. The fourth-order valence-corrected chi connectivity index (χ4v) is 2.95. The molecule has 1 aliphatic heterocycles. The third-order valence-electron chi connectivity index (χ3n) is 3.52. The molecule has 4 nitrogen and oxygen atoms in total. The lowest BCUT2D eigenvalue weighted by Crippen LogP contribution is -2.42. The normalized spacial score (nSPS) is 17.8. The number of hydrogen-bond donors (Lipinski definition) is 1. The number of likely N-dealkylation sites (tertiary alicyclic amines) is 1. The third kappa shape index (κ3) is 4.88. The van der Waals surface area contributed by atoms with Crippen molar-refractivity contribution in [2.45, 2.75) is 33.6 Å². The van der Waals surface area contributed by atoms with Gasteiger partial charge in [-0.1, -0.05) is 20.8 Å². The van der Waals surface area contributed by atoms with Gasteiger partial charge in [0.25, 0.3) is 0 Å². The second-order valence-corrected chi connectivity index (χ2v) is 6.89. The number of carboxylic acid groups (broad SMARTS) is 1. The minimum Gasteiger partial charge on any atom is -0.481 e. The maximum absolute atomic E-state index is 11.8. The topological polar surface area (TPSA) is 57.6 Å². The zero-order valence-electron chi connectivity index (χ0n) is 11.4. The minimum absolute atomic E-state index is 0.00416. The van der Waals surface area contributed by atoms with Gasteiger partial charge in [0.1, 0.15) is 0 Å². The number of hydrogen-bond acceptors (Lipinski definition) is 3. The van der Waals surface area contributed by atoms with E-state index < -0.39 is 5.97 Å². The second-order valence-electron chi connectivity index (χ2n) is 5.91. The molecule has 1 amide bonds. The van der Waals surface area contributed by atoms with E-state index in [-0.39, 0.29) is 17.4 Å². The predicted molar refractivity (Wildman–Crippen MR) is 73.7 cm³/mol. The van der Waals surface area contributed by atoms with E-state index in [1.165, 1.54) is 11.8 Å². The Kier molecular flexibility index (Phi) is 5.50. The van der Waals surface area contributed by atoms with Crippen LogP contribution in [0, 0.1) is 11.3 Å². The van der Waals surface area contributed by atoms with Crippen LogP contribution in [0.2, 0.25) is 0 Å². The highest BCUT2D eigenvalue weighted by molar-refractivity contribution is 8.00. The van der Waals surface area contributed by atoms with E-state index in [1.807, 2.05) is 4.90 Å². The molecule has 1 rings (SSSR count). The van der Waals surface area contributed by atoms with Crippen molar-refractivity contribution in [2.24, 2.45) is 11.3 Å². The first-order chi connectivity index (χ1) is 8.30. The van der Waals surface area contributed by atoms with Crippen molar-refractivity contribution in [3.8, 4) is 0 Å². The van der Waals surface area contributed by atoms with Gasteiger partial charge in [-0.15, -0.1) is 11.8 Å². The fourth-order valence-electron chi connectivity index (χ4n) is 2.31. The first-order valence-electron chi connectivity index (χ1n) is 6.38. The summed E-state index contributed by atoms with van der Waals surface area (Å²) in [6.45, 7) is 8.37. The Labute approximate surface area is 113 Å². The molecule has 5 heteroatoms. The highest BCUT2D eigenvalue weighted by Gasteiger charge is 2.30. The summed E-state index contributed by atoms with van der Waals surface area (Å²) in [5.74, 6) is 0.178. The van der Waals surface area contributed by atoms with Gasteiger partial charge in [-0.3, -0.25) is 9.59 Å². The lowest BCUT2D eigenvalue weighted by molar-refractivity contribution is -0.133. The minimum atomic E-state index is -0.862. The molecular weight excluding hydrogens is 250 g/mol. The average molecular weight is 273 g/mol. The molecule has 1 saturated heterocycles. The van der Waals surface area contributed by atoms with Crippen molar-refractivity contribution >= 4 is 23.6 Å². The SMILES string of the molecule is CC(C)(C)C1CCN(C(=O)CSCC(=O)O)CC1. The van der Waals surface area contributed by atoms with Crippen molar-refractivity contribution in [2.75, 3.05) is 24.6 Å². The van der Waals surface area contributed by atoms with Crippen LogP contribution in [0.3, 0.4) is 0 Å². The summed E-state index contributed by atoms with van der Waals surface area (Å²) in [5, 5.41) is 8.52. The van der Waals surface area contributed by atoms with Gasteiger partial charge in [-0.05, 0) is 24.2 Å². The van der Waals surface area contributed by atoms with E-state index in [4.69, 9.17) is 5.11 Å². The molecule has 1 heterocycles. The number of piperidine rings is 1. The number of carboxylic acids is 1. The summed E-state index contributed by atoms with van der Waals surface area (Å²) in [4.78, 5) is 24.1. The maximum Gasteiger partial charge on any atom is 0.313 e. The predicted octanol–water partition coefficient (Wildman–Crippen LogP) is 2.09. The number of carbonyl (C=O) groups is 2. The average Bonchev–Trinajstić information content (AvgIpc) is 2.27. The van der Waals surface area contributed by atoms with E-state index in [1.54, 1.807) is 0 Å². The number of aliphatic carboxylic acids is 1. The molecule has 0 aromatic heterocycles. The molecule has 1 N–H and O–H groups in total. The van der Waals surface area contributed by atoms with Crippen LogP contribution in [0.4, 0.5) is 0 Å². The summed E-state index contributed by atoms with van der Waals surface area (Å²) >= 11 is 1.18. The molecule has 18 heavy (non-hydrogen) atoms. The molecule has 0 aromatic rings. The summed E-state index contributed by atoms with van der Waals surface area (Å²) in [5.41, 5.74) is 0.313. The molecule has 0 bridgehead atoms. The van der Waals surface area contributed by atoms with Crippen LogP contribution in [0.1, 0.15) is 33.6 Å². The molecule has 0 spiro atoms. The molecule has 1 aliphatic rings. The summed E-state index contributed by atoms with van der Waals surface area (Å²) in [6.07, 6.45) is 2.11. The quantitative estimate of drug-likeness (QED) is 0.852. The van der Waals surface area contributed by atoms with Crippen molar-refractivity contribution in [1.82, 2.24) is 4.90 Å². The Morgan fingerprint density at radius 2 is 1.78 bits per heavy atom. The first-order valence-corrected chi connectivity index (χ1v) is 7.53. The highest BCUT2D eigenvalue weighted by Crippen LogP contribution is 2.34. The number of nitrogens with zero attached hydrogens (tertiary/aromatic N) is 1. The van der Waals surface area contributed by atoms with Gasteiger partial charge in [0.15, 0.2) is 0 Å². The first kappa shape index (κ1) is 15.3. The fraction of sp³-hybridized carbons (Fsp3) is 0.846. The van der Waals surface area contributed by atoms with Crippen LogP contribution < -0.4 is 0 Å². The molecule has 0 unspecified atom stereocenters. The smallest absolute Gasteiger partial charge is 0.313 e. The van der Waals surface area contributed by atoms with Crippen LogP contribution in [0.5, 0.6) is 0 Å². The van der Waals surface area contributed by atoms with Gasteiger partial charge in [0.05, 0.1) is 11.5 Å². The third-order valence-corrected chi connectivity index (χ3v) is 4.43. The van der Waals surface area contributed by atoms with Gasteiger partial charge in [0, 0.05) is 13.1 Å². The van der Waals surface area contributed by atoms with Crippen LogP contribution in [0.25, 0.3) is 0 Å². The molecule has 104 valence electrons. The molecule has 0 aliphatic carbocycles. The van der Waals surface area contributed by atoms with Crippen LogP contribution in [-0.2, 0) is 9.59 Å². The van der Waals surface area contributed by atoms with Gasteiger partial charge in [0.2, 0.25) is 5.91 Å².